The van der Waals surface area contributed by atoms with Crippen LogP contribution in [0.25, 0.3) is 22.0 Å². The van der Waals surface area contributed by atoms with Gasteiger partial charge >= 0.3 is 0 Å². The van der Waals surface area contributed by atoms with Gasteiger partial charge in [-0.05, 0) is 48.6 Å². The molecule has 2 unspecified atom stereocenters. The Hall–Kier alpha value is -4.11. The average molecular weight is 472 g/mol. The van der Waals surface area contributed by atoms with Gasteiger partial charge in [-0.1, -0.05) is 25.0 Å². The minimum Gasteiger partial charge on any atom is -0.365 e. The zero-order valence-electron chi connectivity index (χ0n) is 19.0. The maximum atomic E-state index is 14.8. The van der Waals surface area contributed by atoms with E-state index in [4.69, 9.17) is 11.5 Å². The molecule has 0 spiro atoms. The van der Waals surface area contributed by atoms with Crippen LogP contribution >= 0.6 is 0 Å². The highest BCUT2D eigenvalue weighted by molar-refractivity contribution is 5.98. The topological polar surface area (TPSA) is 132 Å². The average Bonchev–Trinajstić information content (AvgIpc) is 2.87. The van der Waals surface area contributed by atoms with Crippen molar-refractivity contribution in [3.05, 3.63) is 72.4 Å². The van der Waals surface area contributed by atoms with Crippen molar-refractivity contribution in [3.8, 4) is 11.3 Å². The van der Waals surface area contributed by atoms with Crippen molar-refractivity contribution in [2.24, 2.45) is 11.5 Å². The minimum atomic E-state index is -0.780. The summed E-state index contributed by atoms with van der Waals surface area (Å²) < 4.78 is 14.8. The summed E-state index contributed by atoms with van der Waals surface area (Å²) in [6, 6.07) is 12.4. The van der Waals surface area contributed by atoms with E-state index in [9.17, 15) is 9.18 Å². The lowest BCUT2D eigenvalue weighted by molar-refractivity contribution is 0.100. The fourth-order valence-electron chi connectivity index (χ4n) is 4.43. The summed E-state index contributed by atoms with van der Waals surface area (Å²) in [5.74, 6) is -1.23. The predicted octanol–water partition coefficient (Wildman–Crippen LogP) is 4.36. The number of hydrogen-bond donors (Lipinski definition) is 4. The normalized spacial score (nSPS) is 17.8. The third-order valence-electron chi connectivity index (χ3n) is 6.34. The maximum absolute atomic E-state index is 14.8. The van der Waals surface area contributed by atoms with Crippen LogP contribution in [0.4, 0.5) is 21.7 Å². The van der Waals surface area contributed by atoms with Gasteiger partial charge in [0.25, 0.3) is 5.91 Å². The second kappa shape index (κ2) is 9.63. The number of nitrogens with zero attached hydrogens (tertiary/aromatic N) is 3. The van der Waals surface area contributed by atoms with Gasteiger partial charge in [-0.25, -0.2) is 9.37 Å². The molecule has 9 heteroatoms. The summed E-state index contributed by atoms with van der Waals surface area (Å²) in [7, 11) is 0. The number of benzene rings is 1. The molecule has 5 rings (SSSR count). The molecular weight excluding hydrogens is 445 g/mol. The van der Waals surface area contributed by atoms with Crippen LogP contribution in [0.5, 0.6) is 0 Å². The number of carbonyl (C=O) groups is 1. The van der Waals surface area contributed by atoms with E-state index in [1.165, 1.54) is 0 Å². The molecule has 1 fully saturated rings. The monoisotopic (exact) mass is 471 g/mol. The number of halogens is 1. The van der Waals surface area contributed by atoms with E-state index in [2.05, 4.69) is 25.6 Å². The maximum Gasteiger partial charge on any atom is 0.252 e. The predicted molar refractivity (Wildman–Crippen MR) is 135 cm³/mol. The van der Waals surface area contributed by atoms with E-state index in [0.29, 0.717) is 5.69 Å². The number of nitrogens with two attached hydrogens (primary N) is 2. The first-order valence-electron chi connectivity index (χ1n) is 11.6. The Kier molecular flexibility index (Phi) is 6.24. The largest absolute Gasteiger partial charge is 0.365 e. The van der Waals surface area contributed by atoms with Gasteiger partial charge in [0.1, 0.15) is 5.82 Å². The molecule has 0 bridgehead atoms. The number of anilines is 3. The highest BCUT2D eigenvalue weighted by atomic mass is 19.1. The smallest absolute Gasteiger partial charge is 0.252 e. The van der Waals surface area contributed by atoms with Crippen molar-refractivity contribution < 1.29 is 9.18 Å². The van der Waals surface area contributed by atoms with Crippen LogP contribution in [0.3, 0.4) is 0 Å². The number of fused-ring (bicyclic) bond motifs is 1. The van der Waals surface area contributed by atoms with Crippen molar-refractivity contribution in [2.75, 3.05) is 10.6 Å². The fraction of sp³-hybridized carbons (Fsp3) is 0.231. The molecule has 1 aliphatic carbocycles. The molecule has 0 aliphatic heterocycles. The Labute approximate surface area is 202 Å². The summed E-state index contributed by atoms with van der Waals surface area (Å²) >= 11 is 0. The number of carbonyl (C=O) groups excluding carboxylic acids is 1. The van der Waals surface area contributed by atoms with Crippen LogP contribution < -0.4 is 22.1 Å². The summed E-state index contributed by atoms with van der Waals surface area (Å²) in [4.78, 5) is 25.1. The van der Waals surface area contributed by atoms with Gasteiger partial charge < -0.3 is 22.1 Å². The second-order valence-corrected chi connectivity index (χ2v) is 8.77. The summed E-state index contributed by atoms with van der Waals surface area (Å²) in [5, 5.41) is 8.32. The first-order chi connectivity index (χ1) is 17.0. The number of primary amides is 1. The van der Waals surface area contributed by atoms with Crippen LogP contribution in [0.2, 0.25) is 0 Å². The number of rotatable bonds is 6. The Morgan fingerprint density at radius 2 is 1.86 bits per heavy atom. The Morgan fingerprint density at radius 3 is 2.69 bits per heavy atom. The Bertz CT molecular complexity index is 1390. The molecule has 4 aromatic rings. The molecule has 3 aromatic heterocycles. The molecule has 178 valence electrons. The van der Waals surface area contributed by atoms with Crippen LogP contribution in [-0.2, 0) is 0 Å². The van der Waals surface area contributed by atoms with Crippen molar-refractivity contribution in [1.29, 1.82) is 0 Å². The lowest BCUT2D eigenvalue weighted by Gasteiger charge is -2.30. The number of hydrogen-bond acceptors (Lipinski definition) is 7. The zero-order valence-corrected chi connectivity index (χ0v) is 19.0. The van der Waals surface area contributed by atoms with E-state index in [-0.39, 0.29) is 29.3 Å². The number of nitrogens with one attached hydrogen (secondary N) is 2. The Morgan fingerprint density at radius 1 is 1.00 bits per heavy atom. The van der Waals surface area contributed by atoms with Crippen LogP contribution in [-0.4, -0.2) is 32.9 Å². The molecular formula is C26H26FN7O. The van der Waals surface area contributed by atoms with Gasteiger partial charge in [-0.15, -0.1) is 0 Å². The lowest BCUT2D eigenvalue weighted by Crippen LogP contribution is -2.43. The molecule has 35 heavy (non-hydrogen) atoms. The van der Waals surface area contributed by atoms with Crippen molar-refractivity contribution in [2.45, 2.75) is 37.8 Å². The number of amides is 1. The molecule has 1 amide bonds. The van der Waals surface area contributed by atoms with Crippen molar-refractivity contribution in [1.82, 2.24) is 15.0 Å². The van der Waals surface area contributed by atoms with E-state index < -0.39 is 11.7 Å². The number of pyridine rings is 3. The quantitative estimate of drug-likeness (QED) is 0.329. The highest BCUT2D eigenvalue weighted by Gasteiger charge is 2.24. The van der Waals surface area contributed by atoms with Gasteiger partial charge in [0.05, 0.1) is 11.3 Å². The van der Waals surface area contributed by atoms with Crippen LogP contribution in [0.15, 0.2) is 61.1 Å². The fourth-order valence-corrected chi connectivity index (χ4v) is 4.43. The van der Waals surface area contributed by atoms with Gasteiger partial charge in [0.15, 0.2) is 11.6 Å². The first-order valence-corrected chi connectivity index (χ1v) is 11.6. The molecule has 0 radical (unpaired) electrons. The third-order valence-corrected chi connectivity index (χ3v) is 6.34. The van der Waals surface area contributed by atoms with Crippen LogP contribution in [0, 0.1) is 5.82 Å². The zero-order chi connectivity index (χ0) is 24.4. The van der Waals surface area contributed by atoms with E-state index in [1.54, 1.807) is 18.5 Å². The van der Waals surface area contributed by atoms with E-state index in [0.717, 1.165) is 53.8 Å². The van der Waals surface area contributed by atoms with Gasteiger partial charge in [-0.2, -0.15) is 0 Å². The molecule has 3 heterocycles. The highest BCUT2D eigenvalue weighted by Crippen LogP contribution is 2.29. The molecule has 1 saturated carbocycles. The first kappa shape index (κ1) is 22.7. The SMILES string of the molecule is NC(=O)c1cc(F)c(NC2CCCCC2N)nc1Nc1ccnc(-c2ccc3cnccc3c2)c1. The van der Waals surface area contributed by atoms with Gasteiger partial charge in [0.2, 0.25) is 0 Å². The molecule has 2 atom stereocenters. The summed E-state index contributed by atoms with van der Waals surface area (Å²) in [5.41, 5.74) is 14.0. The summed E-state index contributed by atoms with van der Waals surface area (Å²) in [6.45, 7) is 0. The molecule has 1 aromatic carbocycles. The third kappa shape index (κ3) is 4.90. The molecule has 1 aliphatic rings. The minimum absolute atomic E-state index is 0.0391. The number of aromatic nitrogens is 3. The van der Waals surface area contributed by atoms with Crippen molar-refractivity contribution in [3.63, 3.8) is 0 Å². The standard InChI is InChI=1S/C26H26FN7O/c27-20-13-19(24(29)35)25(34-26(20)33-22-4-2-1-3-21(22)28)32-18-8-10-31-23(12-18)16-5-6-17-14-30-9-7-15(17)11-16/h5-14,21-22H,1-4,28H2,(H2,29,35)(H2,31,32,33,34). The summed E-state index contributed by atoms with van der Waals surface area (Å²) in [6.07, 6.45) is 8.98. The van der Waals surface area contributed by atoms with E-state index >= 15 is 0 Å². The molecule has 6 N–H and O–H groups in total. The Balaban J connectivity index is 1.46. The van der Waals surface area contributed by atoms with Crippen molar-refractivity contribution >= 4 is 34.0 Å². The van der Waals surface area contributed by atoms with E-state index in [1.807, 2.05) is 36.5 Å². The van der Waals surface area contributed by atoms with Crippen LogP contribution in [0.1, 0.15) is 36.0 Å². The van der Waals surface area contributed by atoms with Gasteiger partial charge in [-0.3, -0.25) is 14.8 Å². The second-order valence-electron chi connectivity index (χ2n) is 8.77. The molecule has 0 saturated heterocycles. The van der Waals surface area contributed by atoms with Gasteiger partial charge in [0, 0.05) is 47.3 Å². The molecule has 8 nitrogen and oxygen atoms in total. The lowest BCUT2D eigenvalue weighted by atomic mass is 9.91.